The highest BCUT2D eigenvalue weighted by Gasteiger charge is 2.11. The number of halogens is 1. The highest BCUT2D eigenvalue weighted by Crippen LogP contribution is 2.18. The zero-order valence-electron chi connectivity index (χ0n) is 16.1. The van der Waals surface area contributed by atoms with Gasteiger partial charge in [-0.05, 0) is 67.1 Å². The van der Waals surface area contributed by atoms with Gasteiger partial charge < -0.3 is 10.1 Å². The molecule has 0 fully saturated rings. The van der Waals surface area contributed by atoms with Crippen molar-refractivity contribution in [1.29, 1.82) is 5.26 Å². The molecule has 3 aromatic rings. The van der Waals surface area contributed by atoms with Crippen molar-refractivity contribution in [2.24, 2.45) is 0 Å². The first-order valence-electron chi connectivity index (χ1n) is 9.02. The van der Waals surface area contributed by atoms with Crippen molar-refractivity contribution in [2.75, 3.05) is 5.32 Å². The maximum Gasteiger partial charge on any atom is 0.343 e. The van der Waals surface area contributed by atoms with Crippen LogP contribution in [0.15, 0.2) is 78.4 Å². The molecule has 0 saturated heterocycles. The molecule has 0 unspecified atom stereocenters. The number of nitriles is 1. The van der Waals surface area contributed by atoms with E-state index < -0.39 is 11.9 Å². The molecule has 0 spiro atoms. The van der Waals surface area contributed by atoms with Gasteiger partial charge in [0.15, 0.2) is 0 Å². The normalized spacial score (nSPS) is 10.8. The molecule has 0 aliphatic heterocycles. The zero-order valence-corrected chi connectivity index (χ0v) is 16.8. The summed E-state index contributed by atoms with van der Waals surface area (Å²) in [5.74, 6) is -0.667. The molecule has 0 atom stereocenters. The minimum Gasteiger partial charge on any atom is -0.423 e. The van der Waals surface area contributed by atoms with Gasteiger partial charge in [0.1, 0.15) is 17.4 Å². The second-order valence-corrected chi connectivity index (χ2v) is 6.89. The largest absolute Gasteiger partial charge is 0.423 e. The van der Waals surface area contributed by atoms with E-state index in [9.17, 15) is 14.9 Å². The number of carbonyl (C=O) groups is 2. The predicted octanol–water partition coefficient (Wildman–Crippen LogP) is 5.41. The Kier molecular flexibility index (Phi) is 6.63. The average Bonchev–Trinajstić information content (AvgIpc) is 2.75. The highest BCUT2D eigenvalue weighted by atomic mass is 35.5. The van der Waals surface area contributed by atoms with Crippen molar-refractivity contribution in [3.05, 3.63) is 100 Å². The van der Waals surface area contributed by atoms with E-state index in [1.807, 2.05) is 25.1 Å². The molecule has 0 heterocycles. The van der Waals surface area contributed by atoms with Crippen LogP contribution in [0, 0.1) is 18.3 Å². The molecular formula is C24H17ClN2O3. The van der Waals surface area contributed by atoms with E-state index in [1.165, 1.54) is 6.08 Å². The summed E-state index contributed by atoms with van der Waals surface area (Å²) in [5, 5.41) is 12.6. The number of nitrogens with one attached hydrogen (secondary N) is 1. The lowest BCUT2D eigenvalue weighted by Crippen LogP contribution is -2.13. The molecule has 3 rings (SSSR count). The second kappa shape index (κ2) is 9.55. The minimum absolute atomic E-state index is 0.0403. The summed E-state index contributed by atoms with van der Waals surface area (Å²) in [5.41, 5.74) is 2.64. The van der Waals surface area contributed by atoms with Gasteiger partial charge in [-0.1, -0.05) is 41.4 Å². The van der Waals surface area contributed by atoms with Gasteiger partial charge in [0.25, 0.3) is 5.91 Å². The van der Waals surface area contributed by atoms with E-state index in [1.54, 1.807) is 60.7 Å². The van der Waals surface area contributed by atoms with Crippen molar-refractivity contribution in [3.8, 4) is 11.8 Å². The van der Waals surface area contributed by atoms with E-state index in [2.05, 4.69) is 5.32 Å². The number of ether oxygens (including phenoxy) is 1. The monoisotopic (exact) mass is 416 g/mol. The van der Waals surface area contributed by atoms with E-state index in [-0.39, 0.29) is 5.57 Å². The van der Waals surface area contributed by atoms with Gasteiger partial charge in [-0.15, -0.1) is 0 Å². The van der Waals surface area contributed by atoms with Crippen molar-refractivity contribution >= 4 is 35.2 Å². The van der Waals surface area contributed by atoms with Gasteiger partial charge >= 0.3 is 5.97 Å². The standard InChI is InChI=1S/C24H17ClN2O3/c1-16-2-10-21(11-3-16)27-23(28)19(15-26)14-17-4-12-22(13-5-17)30-24(29)18-6-8-20(25)9-7-18/h2-14H,1H3,(H,27,28)/b19-14+. The van der Waals surface area contributed by atoms with Crippen molar-refractivity contribution < 1.29 is 14.3 Å². The fraction of sp³-hybridized carbons (Fsp3) is 0.0417. The maximum absolute atomic E-state index is 12.3. The Hall–Kier alpha value is -3.88. The molecule has 1 N–H and O–H groups in total. The first-order chi connectivity index (χ1) is 14.4. The summed E-state index contributed by atoms with van der Waals surface area (Å²) in [6.45, 7) is 1.95. The molecule has 1 amide bonds. The Morgan fingerprint density at radius 1 is 0.967 bits per heavy atom. The zero-order chi connectivity index (χ0) is 21.5. The van der Waals surface area contributed by atoms with E-state index in [0.717, 1.165) is 5.56 Å². The first-order valence-corrected chi connectivity index (χ1v) is 9.40. The van der Waals surface area contributed by atoms with Crippen LogP contribution in [-0.4, -0.2) is 11.9 Å². The van der Waals surface area contributed by atoms with Crippen molar-refractivity contribution in [3.63, 3.8) is 0 Å². The third-order valence-electron chi connectivity index (χ3n) is 4.16. The van der Waals surface area contributed by atoms with E-state index in [0.29, 0.717) is 27.6 Å². The number of hydrogen-bond acceptors (Lipinski definition) is 4. The van der Waals surface area contributed by atoms with Crippen LogP contribution >= 0.6 is 11.6 Å². The molecule has 30 heavy (non-hydrogen) atoms. The number of amides is 1. The molecule has 0 aliphatic carbocycles. The summed E-state index contributed by atoms with van der Waals surface area (Å²) in [4.78, 5) is 24.5. The lowest BCUT2D eigenvalue weighted by Gasteiger charge is -2.06. The van der Waals surface area contributed by atoms with Gasteiger partial charge in [0.2, 0.25) is 0 Å². The quantitative estimate of drug-likeness (QED) is 0.261. The van der Waals surface area contributed by atoms with Gasteiger partial charge in [-0.2, -0.15) is 5.26 Å². The summed E-state index contributed by atoms with van der Waals surface area (Å²) in [6.07, 6.45) is 1.47. The molecule has 5 nitrogen and oxygen atoms in total. The van der Waals surface area contributed by atoms with Gasteiger partial charge in [0, 0.05) is 10.7 Å². The molecule has 148 valence electrons. The molecule has 0 saturated carbocycles. The van der Waals surface area contributed by atoms with Gasteiger partial charge in [-0.25, -0.2) is 4.79 Å². The maximum atomic E-state index is 12.3. The van der Waals surface area contributed by atoms with Crippen LogP contribution in [0.25, 0.3) is 6.08 Å². The van der Waals surface area contributed by atoms with Crippen LogP contribution in [0.1, 0.15) is 21.5 Å². The second-order valence-electron chi connectivity index (χ2n) is 6.46. The predicted molar refractivity (Wildman–Crippen MR) is 116 cm³/mol. The molecule has 0 radical (unpaired) electrons. The summed E-state index contributed by atoms with van der Waals surface area (Å²) in [7, 11) is 0. The van der Waals surface area contributed by atoms with Crippen molar-refractivity contribution in [2.45, 2.75) is 6.92 Å². The number of rotatable bonds is 5. The number of esters is 1. The van der Waals surface area contributed by atoms with E-state index >= 15 is 0 Å². The lowest BCUT2D eigenvalue weighted by molar-refractivity contribution is -0.112. The smallest absolute Gasteiger partial charge is 0.343 e. The summed E-state index contributed by atoms with van der Waals surface area (Å²) < 4.78 is 5.32. The Morgan fingerprint density at radius 3 is 2.20 bits per heavy atom. The molecule has 6 heteroatoms. The van der Waals surface area contributed by atoms with Crippen LogP contribution < -0.4 is 10.1 Å². The minimum atomic E-state index is -0.509. The lowest BCUT2D eigenvalue weighted by atomic mass is 10.1. The van der Waals surface area contributed by atoms with Crippen LogP contribution in [0.3, 0.4) is 0 Å². The number of hydrogen-bond donors (Lipinski definition) is 1. The summed E-state index contributed by atoms with van der Waals surface area (Å²) >= 11 is 5.81. The third kappa shape index (κ3) is 5.57. The molecule has 0 aromatic heterocycles. The van der Waals surface area contributed by atoms with Crippen LogP contribution in [0.2, 0.25) is 5.02 Å². The summed E-state index contributed by atoms with van der Waals surface area (Å²) in [6, 6.07) is 22.0. The Morgan fingerprint density at radius 2 is 1.60 bits per heavy atom. The average molecular weight is 417 g/mol. The van der Waals surface area contributed by atoms with Gasteiger partial charge in [0.05, 0.1) is 5.56 Å². The Bertz CT molecular complexity index is 1130. The third-order valence-corrected chi connectivity index (χ3v) is 4.41. The van der Waals surface area contributed by atoms with E-state index in [4.69, 9.17) is 16.3 Å². The number of carbonyl (C=O) groups excluding carboxylic acids is 2. The molecular weight excluding hydrogens is 400 g/mol. The number of aryl methyl sites for hydroxylation is 1. The molecule has 3 aromatic carbocycles. The number of benzene rings is 3. The van der Waals surface area contributed by atoms with Gasteiger partial charge in [-0.3, -0.25) is 4.79 Å². The topological polar surface area (TPSA) is 79.2 Å². The molecule has 0 bridgehead atoms. The highest BCUT2D eigenvalue weighted by molar-refractivity contribution is 6.30. The number of anilines is 1. The SMILES string of the molecule is Cc1ccc(NC(=O)/C(C#N)=C/c2ccc(OC(=O)c3ccc(Cl)cc3)cc2)cc1. The Labute approximate surface area is 179 Å². The fourth-order valence-corrected chi connectivity index (χ4v) is 2.66. The first kappa shape index (κ1) is 20.8. The fourth-order valence-electron chi connectivity index (χ4n) is 2.53. The van der Waals surface area contributed by atoms with Crippen LogP contribution in [0.5, 0.6) is 5.75 Å². The van der Waals surface area contributed by atoms with Crippen molar-refractivity contribution in [1.82, 2.24) is 0 Å². The molecule has 0 aliphatic rings. The Balaban J connectivity index is 1.67. The van der Waals surface area contributed by atoms with Crippen LogP contribution in [0.4, 0.5) is 5.69 Å². The van der Waals surface area contributed by atoms with Crippen LogP contribution in [-0.2, 0) is 4.79 Å². The number of nitrogens with zero attached hydrogens (tertiary/aromatic N) is 1.